The van der Waals surface area contributed by atoms with Gasteiger partial charge < -0.3 is 4.74 Å². The van der Waals surface area contributed by atoms with Crippen LogP contribution in [0.1, 0.15) is 47.5 Å². The van der Waals surface area contributed by atoms with E-state index in [4.69, 9.17) is 4.74 Å². The Hall–Kier alpha value is -0.530. The molecule has 0 aromatic heterocycles. The summed E-state index contributed by atoms with van der Waals surface area (Å²) in [7, 11) is 0. The normalized spacial score (nSPS) is 11.8. The van der Waals surface area contributed by atoms with Crippen LogP contribution in [-0.2, 0) is 9.53 Å². The molecule has 0 aromatic rings. The third kappa shape index (κ3) is 9.38. The summed E-state index contributed by atoms with van der Waals surface area (Å²) >= 11 is 0. The van der Waals surface area contributed by atoms with E-state index in [1.165, 1.54) is 0 Å². The van der Waals surface area contributed by atoms with E-state index in [1.807, 2.05) is 13.8 Å². The lowest BCUT2D eigenvalue weighted by atomic mass is 9.93. The van der Waals surface area contributed by atoms with Crippen LogP contribution >= 0.6 is 0 Å². The number of hydrogen-bond donors (Lipinski definition) is 0. The standard InChI is InChI=1S/C11H22O2/c1-9(2)8-10(12)13-7-6-11(3,4)5/h9H,6-8H2,1-5H3. The van der Waals surface area contributed by atoms with E-state index in [0.717, 1.165) is 6.42 Å². The maximum atomic E-state index is 11.1. The molecule has 0 heterocycles. The number of ether oxygens (including phenoxy) is 1. The first-order valence-corrected chi connectivity index (χ1v) is 4.97. The topological polar surface area (TPSA) is 26.3 Å². The number of carbonyl (C=O) groups excluding carboxylic acids is 1. The summed E-state index contributed by atoms with van der Waals surface area (Å²) < 4.78 is 5.09. The van der Waals surface area contributed by atoms with Crippen molar-refractivity contribution in [3.8, 4) is 0 Å². The van der Waals surface area contributed by atoms with Gasteiger partial charge in [-0.05, 0) is 17.8 Å². The van der Waals surface area contributed by atoms with Crippen LogP contribution in [0.5, 0.6) is 0 Å². The molecule has 78 valence electrons. The minimum Gasteiger partial charge on any atom is -0.466 e. The van der Waals surface area contributed by atoms with E-state index in [2.05, 4.69) is 20.8 Å². The molecule has 0 aromatic carbocycles. The molecule has 0 rings (SSSR count). The molecule has 0 N–H and O–H groups in total. The Labute approximate surface area is 81.7 Å². The third-order valence-electron chi connectivity index (χ3n) is 1.69. The number of rotatable bonds is 4. The summed E-state index contributed by atoms with van der Waals surface area (Å²) in [5, 5.41) is 0. The van der Waals surface area contributed by atoms with Crippen LogP contribution in [-0.4, -0.2) is 12.6 Å². The van der Waals surface area contributed by atoms with Crippen molar-refractivity contribution in [2.75, 3.05) is 6.61 Å². The second kappa shape index (κ2) is 5.25. The Kier molecular flexibility index (Phi) is 5.04. The molecule has 0 saturated heterocycles. The van der Waals surface area contributed by atoms with Crippen LogP contribution in [0.3, 0.4) is 0 Å². The van der Waals surface area contributed by atoms with E-state index in [1.54, 1.807) is 0 Å². The highest BCUT2D eigenvalue weighted by atomic mass is 16.5. The molecule has 0 aliphatic heterocycles. The number of hydrogen-bond acceptors (Lipinski definition) is 2. The van der Waals surface area contributed by atoms with Gasteiger partial charge in [0.1, 0.15) is 0 Å². The summed E-state index contributed by atoms with van der Waals surface area (Å²) in [5.41, 5.74) is 0.248. The first kappa shape index (κ1) is 12.5. The molecule has 0 radical (unpaired) electrons. The lowest BCUT2D eigenvalue weighted by Crippen LogP contribution is -2.14. The van der Waals surface area contributed by atoms with Crippen molar-refractivity contribution >= 4 is 5.97 Å². The molecule has 0 fully saturated rings. The maximum Gasteiger partial charge on any atom is 0.306 e. The molecule has 0 unspecified atom stereocenters. The Bertz CT molecular complexity index is 154. The summed E-state index contributed by atoms with van der Waals surface area (Å²) in [6.45, 7) is 11.0. The van der Waals surface area contributed by atoms with Crippen LogP contribution in [0, 0.1) is 11.3 Å². The molecule has 0 amide bonds. The molecule has 2 nitrogen and oxygen atoms in total. The minimum atomic E-state index is -0.0701. The van der Waals surface area contributed by atoms with E-state index < -0.39 is 0 Å². The van der Waals surface area contributed by atoms with Crippen molar-refractivity contribution in [2.24, 2.45) is 11.3 Å². The predicted octanol–water partition coefficient (Wildman–Crippen LogP) is 3.01. The second-order valence-electron chi connectivity index (χ2n) is 5.13. The fourth-order valence-corrected chi connectivity index (χ4v) is 0.863. The first-order chi connectivity index (χ1) is 5.81. The van der Waals surface area contributed by atoms with Crippen LogP contribution in [0.15, 0.2) is 0 Å². The van der Waals surface area contributed by atoms with E-state index in [0.29, 0.717) is 18.9 Å². The largest absolute Gasteiger partial charge is 0.466 e. The molecule has 2 heteroatoms. The summed E-state index contributed by atoms with van der Waals surface area (Å²) in [6.07, 6.45) is 1.46. The number of esters is 1. The zero-order chi connectivity index (χ0) is 10.5. The predicted molar refractivity (Wildman–Crippen MR) is 54.5 cm³/mol. The third-order valence-corrected chi connectivity index (χ3v) is 1.69. The molecule has 0 atom stereocenters. The average molecular weight is 186 g/mol. The molecule has 13 heavy (non-hydrogen) atoms. The molecule has 0 spiro atoms. The summed E-state index contributed by atoms with van der Waals surface area (Å²) in [6, 6.07) is 0. The first-order valence-electron chi connectivity index (χ1n) is 4.97. The highest BCUT2D eigenvalue weighted by Gasteiger charge is 2.12. The molecule has 0 bridgehead atoms. The van der Waals surface area contributed by atoms with Crippen molar-refractivity contribution in [2.45, 2.75) is 47.5 Å². The van der Waals surface area contributed by atoms with Crippen molar-refractivity contribution in [1.29, 1.82) is 0 Å². The van der Waals surface area contributed by atoms with Gasteiger partial charge in [0, 0.05) is 6.42 Å². The van der Waals surface area contributed by atoms with Gasteiger partial charge in [0.15, 0.2) is 0 Å². The van der Waals surface area contributed by atoms with E-state index >= 15 is 0 Å². The lowest BCUT2D eigenvalue weighted by Gasteiger charge is -2.17. The van der Waals surface area contributed by atoms with Crippen LogP contribution < -0.4 is 0 Å². The molecule has 0 aliphatic carbocycles. The second-order valence-corrected chi connectivity index (χ2v) is 5.13. The van der Waals surface area contributed by atoms with Crippen molar-refractivity contribution in [3.05, 3.63) is 0 Å². The highest BCUT2D eigenvalue weighted by Crippen LogP contribution is 2.18. The van der Waals surface area contributed by atoms with Crippen LogP contribution in [0.2, 0.25) is 0 Å². The van der Waals surface area contributed by atoms with E-state index in [-0.39, 0.29) is 11.4 Å². The van der Waals surface area contributed by atoms with Gasteiger partial charge in [-0.3, -0.25) is 4.79 Å². The summed E-state index contributed by atoms with van der Waals surface area (Å²) in [5.74, 6) is 0.321. The van der Waals surface area contributed by atoms with Gasteiger partial charge in [0.25, 0.3) is 0 Å². The lowest BCUT2D eigenvalue weighted by molar-refractivity contribution is -0.145. The van der Waals surface area contributed by atoms with Crippen LogP contribution in [0.25, 0.3) is 0 Å². The van der Waals surface area contributed by atoms with Gasteiger partial charge in [0.2, 0.25) is 0 Å². The Morgan fingerprint density at radius 1 is 1.31 bits per heavy atom. The van der Waals surface area contributed by atoms with Crippen molar-refractivity contribution < 1.29 is 9.53 Å². The van der Waals surface area contributed by atoms with Crippen molar-refractivity contribution in [3.63, 3.8) is 0 Å². The summed E-state index contributed by atoms with van der Waals surface area (Å²) in [4.78, 5) is 11.1. The Morgan fingerprint density at radius 2 is 1.85 bits per heavy atom. The van der Waals surface area contributed by atoms with Gasteiger partial charge in [-0.15, -0.1) is 0 Å². The highest BCUT2D eigenvalue weighted by molar-refractivity contribution is 5.69. The molecular weight excluding hydrogens is 164 g/mol. The van der Waals surface area contributed by atoms with Gasteiger partial charge >= 0.3 is 5.97 Å². The van der Waals surface area contributed by atoms with Gasteiger partial charge in [-0.25, -0.2) is 0 Å². The fourth-order valence-electron chi connectivity index (χ4n) is 0.863. The minimum absolute atomic E-state index is 0.0701. The SMILES string of the molecule is CC(C)CC(=O)OCCC(C)(C)C. The molecular formula is C11H22O2. The Morgan fingerprint density at radius 3 is 2.23 bits per heavy atom. The quantitative estimate of drug-likeness (QED) is 0.631. The van der Waals surface area contributed by atoms with Crippen LogP contribution in [0.4, 0.5) is 0 Å². The van der Waals surface area contributed by atoms with Gasteiger partial charge in [-0.2, -0.15) is 0 Å². The Balaban J connectivity index is 3.49. The zero-order valence-electron chi connectivity index (χ0n) is 9.52. The fraction of sp³-hybridized carbons (Fsp3) is 0.909. The molecule has 0 aliphatic rings. The van der Waals surface area contributed by atoms with Crippen molar-refractivity contribution in [1.82, 2.24) is 0 Å². The van der Waals surface area contributed by atoms with Gasteiger partial charge in [0.05, 0.1) is 6.61 Å². The monoisotopic (exact) mass is 186 g/mol. The smallest absolute Gasteiger partial charge is 0.306 e. The zero-order valence-corrected chi connectivity index (χ0v) is 9.52. The average Bonchev–Trinajstić information content (AvgIpc) is 1.81. The molecule has 0 saturated carbocycles. The maximum absolute atomic E-state index is 11.1. The van der Waals surface area contributed by atoms with E-state index in [9.17, 15) is 4.79 Å². The van der Waals surface area contributed by atoms with Gasteiger partial charge in [-0.1, -0.05) is 34.6 Å². The number of carbonyl (C=O) groups is 1.